The Balaban J connectivity index is 1.46. The zero-order chi connectivity index (χ0) is 31.4. The second-order valence-corrected chi connectivity index (χ2v) is 12.4. The number of benzene rings is 2. The topological polar surface area (TPSA) is 57.7 Å². The first-order chi connectivity index (χ1) is 20.3. The van der Waals surface area contributed by atoms with Crippen LogP contribution >= 0.6 is 0 Å². The van der Waals surface area contributed by atoms with E-state index >= 15 is 0 Å². The van der Waals surface area contributed by atoms with E-state index in [1.54, 1.807) is 30.0 Å². The molecule has 1 heterocycles. The Bertz CT molecular complexity index is 1530. The standard InChI is InChI=1S/C32H33F5N2O3S/c1-3-25(33)10-7-22(2)30(23-8-11-26(34)12-9-23)15-16-31(40)38-19-17-28(18-20-38)39(27-13-14-27)43(41,42)29-6-4-5-24(21-29)32(35,36)37/h3-12,15,21,27-28H,2,13-14,16-20H2,1H3/b10-7-,25-3+,30-15+. The normalized spacial score (nSPS) is 17.6. The molecule has 2 fully saturated rings. The lowest BCUT2D eigenvalue weighted by Gasteiger charge is -2.38. The molecule has 2 aliphatic rings. The quantitative estimate of drug-likeness (QED) is 0.205. The van der Waals surface area contributed by atoms with Gasteiger partial charge in [0, 0.05) is 31.6 Å². The number of hydrogen-bond acceptors (Lipinski definition) is 3. The first kappa shape index (κ1) is 32.3. The SMILES string of the molecule is C=C(/C=C\C(F)=C/C)/C(=C\CC(=O)N1CCC(N(C2CC2)S(=O)(=O)c2cccc(C(F)(F)F)c2)CC1)c1ccc(F)cc1. The number of sulfonamides is 1. The number of carbonyl (C=O) groups is 1. The number of likely N-dealkylation sites (tertiary alicyclic amines) is 1. The van der Waals surface area contributed by atoms with Crippen LogP contribution in [0.2, 0.25) is 0 Å². The molecule has 1 aliphatic carbocycles. The fourth-order valence-electron chi connectivity index (χ4n) is 5.09. The molecule has 0 bridgehead atoms. The van der Waals surface area contributed by atoms with E-state index in [0.717, 1.165) is 12.1 Å². The van der Waals surface area contributed by atoms with E-state index in [4.69, 9.17) is 0 Å². The molecule has 0 spiro atoms. The second-order valence-electron chi connectivity index (χ2n) is 10.6. The molecule has 2 aromatic carbocycles. The average molecular weight is 621 g/mol. The van der Waals surface area contributed by atoms with E-state index in [-0.39, 0.29) is 31.5 Å². The van der Waals surface area contributed by atoms with Gasteiger partial charge < -0.3 is 4.90 Å². The van der Waals surface area contributed by atoms with Gasteiger partial charge in [-0.1, -0.05) is 43.0 Å². The molecule has 0 aromatic heterocycles. The minimum Gasteiger partial charge on any atom is -0.342 e. The third-order valence-corrected chi connectivity index (χ3v) is 9.52. The molecule has 230 valence electrons. The van der Waals surface area contributed by atoms with Crippen LogP contribution in [0, 0.1) is 5.82 Å². The minimum absolute atomic E-state index is 0.0226. The Morgan fingerprint density at radius 2 is 1.65 bits per heavy atom. The Kier molecular flexibility index (Phi) is 10.1. The minimum atomic E-state index is -4.67. The highest BCUT2D eigenvalue weighted by molar-refractivity contribution is 7.89. The number of allylic oxidation sites excluding steroid dienone is 6. The Morgan fingerprint density at radius 3 is 2.23 bits per heavy atom. The van der Waals surface area contributed by atoms with Crippen LogP contribution in [-0.2, 0) is 21.0 Å². The number of alkyl halides is 3. The Hall–Kier alpha value is -3.57. The van der Waals surface area contributed by atoms with E-state index < -0.39 is 44.3 Å². The smallest absolute Gasteiger partial charge is 0.342 e. The van der Waals surface area contributed by atoms with Crippen LogP contribution in [-0.4, -0.2) is 48.7 Å². The lowest BCUT2D eigenvalue weighted by atomic mass is 9.97. The molecule has 5 nitrogen and oxygen atoms in total. The summed E-state index contributed by atoms with van der Waals surface area (Å²) >= 11 is 0. The van der Waals surface area contributed by atoms with Gasteiger partial charge in [0.1, 0.15) is 11.6 Å². The van der Waals surface area contributed by atoms with Crippen molar-refractivity contribution < 1.29 is 35.2 Å². The molecule has 0 radical (unpaired) electrons. The maximum absolute atomic E-state index is 13.7. The fraction of sp³-hybridized carbons (Fsp3) is 0.344. The van der Waals surface area contributed by atoms with Crippen molar-refractivity contribution in [3.8, 4) is 0 Å². The summed E-state index contributed by atoms with van der Waals surface area (Å²) in [5.74, 6) is -1.11. The number of nitrogens with zero attached hydrogens (tertiary/aromatic N) is 2. The van der Waals surface area contributed by atoms with E-state index in [9.17, 15) is 35.2 Å². The molecule has 1 aliphatic heterocycles. The van der Waals surface area contributed by atoms with Crippen LogP contribution in [0.3, 0.4) is 0 Å². The molecular weight excluding hydrogens is 587 g/mol. The highest BCUT2D eigenvalue weighted by atomic mass is 32.2. The summed E-state index contributed by atoms with van der Waals surface area (Å²) < 4.78 is 95.4. The van der Waals surface area contributed by atoms with Crippen LogP contribution in [0.25, 0.3) is 5.57 Å². The third-order valence-electron chi connectivity index (χ3n) is 7.52. The van der Waals surface area contributed by atoms with Crippen molar-refractivity contribution in [2.75, 3.05) is 13.1 Å². The van der Waals surface area contributed by atoms with Gasteiger partial charge in [-0.25, -0.2) is 17.2 Å². The zero-order valence-electron chi connectivity index (χ0n) is 23.7. The Labute approximate surface area is 248 Å². The number of halogens is 5. The summed E-state index contributed by atoms with van der Waals surface area (Å²) in [6.07, 6.45) is 2.89. The van der Waals surface area contributed by atoms with E-state index in [2.05, 4.69) is 6.58 Å². The van der Waals surface area contributed by atoms with Crippen molar-refractivity contribution >= 4 is 21.5 Å². The highest BCUT2D eigenvalue weighted by Crippen LogP contribution is 2.38. The maximum Gasteiger partial charge on any atom is 0.416 e. The largest absolute Gasteiger partial charge is 0.416 e. The molecule has 1 saturated carbocycles. The van der Waals surface area contributed by atoms with Crippen molar-refractivity contribution in [2.45, 2.75) is 62.2 Å². The lowest BCUT2D eigenvalue weighted by molar-refractivity contribution is -0.137. The summed E-state index contributed by atoms with van der Waals surface area (Å²) in [5.41, 5.74) is 0.539. The second kappa shape index (κ2) is 13.4. The third kappa shape index (κ3) is 8.08. The van der Waals surface area contributed by atoms with Crippen molar-refractivity contribution in [3.63, 3.8) is 0 Å². The van der Waals surface area contributed by atoms with E-state index in [1.807, 2.05) is 0 Å². The van der Waals surface area contributed by atoms with Gasteiger partial charge in [0.25, 0.3) is 0 Å². The zero-order valence-corrected chi connectivity index (χ0v) is 24.5. The van der Waals surface area contributed by atoms with E-state index in [0.29, 0.717) is 48.5 Å². The number of carbonyl (C=O) groups excluding carboxylic acids is 1. The summed E-state index contributed by atoms with van der Waals surface area (Å²) in [6.45, 7) is 6.08. The molecule has 4 rings (SSSR count). The number of amides is 1. The van der Waals surface area contributed by atoms with Gasteiger partial charge in [0.2, 0.25) is 15.9 Å². The monoisotopic (exact) mass is 620 g/mol. The molecule has 2 aromatic rings. The molecular formula is C32H33F5N2O3S. The van der Waals surface area contributed by atoms with Gasteiger partial charge in [-0.05, 0) is 85.7 Å². The van der Waals surface area contributed by atoms with Crippen LogP contribution in [0.5, 0.6) is 0 Å². The van der Waals surface area contributed by atoms with Crippen molar-refractivity contribution in [1.82, 2.24) is 9.21 Å². The molecule has 1 amide bonds. The molecule has 1 saturated heterocycles. The summed E-state index contributed by atoms with van der Waals surface area (Å²) in [5, 5.41) is 0. The fourth-order valence-corrected chi connectivity index (χ4v) is 7.07. The van der Waals surface area contributed by atoms with Crippen molar-refractivity contribution in [2.24, 2.45) is 0 Å². The van der Waals surface area contributed by atoms with Crippen LogP contribution in [0.15, 0.2) is 95.7 Å². The molecule has 43 heavy (non-hydrogen) atoms. The predicted molar refractivity (Wildman–Crippen MR) is 155 cm³/mol. The van der Waals surface area contributed by atoms with Gasteiger partial charge in [-0.15, -0.1) is 0 Å². The summed E-state index contributed by atoms with van der Waals surface area (Å²) in [4.78, 5) is 14.4. The highest BCUT2D eigenvalue weighted by Gasteiger charge is 2.44. The summed E-state index contributed by atoms with van der Waals surface area (Å²) in [6, 6.07) is 8.69. The number of piperidine rings is 1. The van der Waals surface area contributed by atoms with Gasteiger partial charge in [-0.2, -0.15) is 17.5 Å². The molecule has 11 heteroatoms. The maximum atomic E-state index is 13.7. The molecule has 0 unspecified atom stereocenters. The predicted octanol–water partition coefficient (Wildman–Crippen LogP) is 7.45. The number of rotatable bonds is 10. The molecule has 0 atom stereocenters. The van der Waals surface area contributed by atoms with Gasteiger partial charge in [0.05, 0.1) is 10.5 Å². The van der Waals surface area contributed by atoms with Crippen LogP contribution < -0.4 is 0 Å². The van der Waals surface area contributed by atoms with Crippen molar-refractivity contribution in [1.29, 1.82) is 0 Å². The first-order valence-corrected chi connectivity index (χ1v) is 15.4. The van der Waals surface area contributed by atoms with Crippen LogP contribution in [0.4, 0.5) is 22.0 Å². The van der Waals surface area contributed by atoms with E-state index in [1.165, 1.54) is 40.7 Å². The number of hydrogen-bond donors (Lipinski definition) is 0. The first-order valence-electron chi connectivity index (χ1n) is 13.9. The molecule has 0 N–H and O–H groups in total. The Morgan fingerprint density at radius 1 is 1.02 bits per heavy atom. The summed E-state index contributed by atoms with van der Waals surface area (Å²) in [7, 11) is -4.19. The van der Waals surface area contributed by atoms with Gasteiger partial charge >= 0.3 is 6.18 Å². The lowest BCUT2D eigenvalue weighted by Crippen LogP contribution is -2.49. The van der Waals surface area contributed by atoms with Gasteiger partial charge in [-0.3, -0.25) is 4.79 Å². The van der Waals surface area contributed by atoms with Gasteiger partial charge in [0.15, 0.2) is 0 Å². The average Bonchev–Trinajstić information content (AvgIpc) is 3.81. The van der Waals surface area contributed by atoms with Crippen LogP contribution in [0.1, 0.15) is 50.2 Å². The van der Waals surface area contributed by atoms with Crippen molar-refractivity contribution in [3.05, 3.63) is 108 Å².